The van der Waals surface area contributed by atoms with Crippen LogP contribution in [0, 0.1) is 12.8 Å². The molecule has 1 aliphatic heterocycles. The number of hydrogen-bond acceptors (Lipinski definition) is 10. The molecule has 0 saturated heterocycles. The van der Waals surface area contributed by atoms with Crippen LogP contribution in [0.4, 0.5) is 0 Å². The molecule has 4 aromatic rings. The standard InChI is InChI=1S/C26H30N8O4S2/c1-6-12(2)19-26-31-18(10-40-26)22(36)29-16(7-15-8-27-11-34(15)5)25-30-17(9-39-25)21(35)28-13(3)24-33-20(14(4)38-24)23(37)32-19/h8-13,16,19H,6-7H2,1-5H3,(H,28,35)(H,29,36)(H,32,37)/t12-,13+,16-,19-/m0/s1. The summed E-state index contributed by atoms with van der Waals surface area (Å²) in [5, 5.41) is 13.4. The number of thiazole rings is 2. The third kappa shape index (κ3) is 5.54. The fourth-order valence-corrected chi connectivity index (χ4v) is 6.18. The number of hydrogen-bond donors (Lipinski definition) is 3. The number of amides is 3. The first-order valence-electron chi connectivity index (χ1n) is 12.9. The number of nitrogens with zero attached hydrogens (tertiary/aromatic N) is 5. The van der Waals surface area contributed by atoms with E-state index in [1.54, 1.807) is 37.1 Å². The van der Waals surface area contributed by atoms with E-state index in [0.717, 1.165) is 12.1 Å². The lowest BCUT2D eigenvalue weighted by Gasteiger charge is -2.22. The van der Waals surface area contributed by atoms with Crippen molar-refractivity contribution in [1.29, 1.82) is 0 Å². The van der Waals surface area contributed by atoms with Crippen LogP contribution in [-0.4, -0.2) is 42.2 Å². The molecule has 3 amide bonds. The summed E-state index contributed by atoms with van der Waals surface area (Å²) in [6, 6.07) is -1.59. The third-order valence-corrected chi connectivity index (χ3v) is 8.84. The van der Waals surface area contributed by atoms with E-state index >= 15 is 0 Å². The molecule has 0 radical (unpaired) electrons. The van der Waals surface area contributed by atoms with Crippen LogP contribution >= 0.6 is 22.7 Å². The van der Waals surface area contributed by atoms with Gasteiger partial charge in [-0.15, -0.1) is 22.7 Å². The van der Waals surface area contributed by atoms with Crippen molar-refractivity contribution in [3.05, 3.63) is 67.7 Å². The zero-order valence-electron chi connectivity index (χ0n) is 22.7. The van der Waals surface area contributed by atoms with E-state index < -0.39 is 29.9 Å². The average molecular weight is 583 g/mol. The largest absolute Gasteiger partial charge is 0.443 e. The molecule has 4 aromatic heterocycles. The molecule has 5 heterocycles. The first-order valence-corrected chi connectivity index (χ1v) is 14.7. The quantitative estimate of drug-likeness (QED) is 0.329. The summed E-state index contributed by atoms with van der Waals surface area (Å²) in [5.41, 5.74) is 1.46. The minimum Gasteiger partial charge on any atom is -0.443 e. The van der Waals surface area contributed by atoms with Crippen LogP contribution in [0.3, 0.4) is 0 Å². The third-order valence-electron chi connectivity index (χ3n) is 6.95. The number of rotatable bonds is 4. The molecule has 210 valence electrons. The Bertz CT molecular complexity index is 1550. The first-order chi connectivity index (χ1) is 19.1. The van der Waals surface area contributed by atoms with E-state index in [1.165, 1.54) is 22.7 Å². The van der Waals surface area contributed by atoms with Gasteiger partial charge in [0.15, 0.2) is 5.69 Å². The van der Waals surface area contributed by atoms with Crippen LogP contribution in [0.2, 0.25) is 0 Å². The number of imidazole rings is 1. The van der Waals surface area contributed by atoms with Crippen molar-refractivity contribution in [2.45, 2.75) is 58.7 Å². The molecule has 0 aliphatic carbocycles. The summed E-state index contributed by atoms with van der Waals surface area (Å²) in [6.07, 6.45) is 4.60. The highest BCUT2D eigenvalue weighted by molar-refractivity contribution is 7.10. The van der Waals surface area contributed by atoms with Gasteiger partial charge in [-0.1, -0.05) is 20.3 Å². The smallest absolute Gasteiger partial charge is 0.274 e. The normalized spacial score (nSPS) is 20.7. The predicted molar refractivity (Wildman–Crippen MR) is 148 cm³/mol. The number of carbonyl (C=O) groups is 3. The van der Waals surface area contributed by atoms with E-state index in [-0.39, 0.29) is 34.8 Å². The molecule has 12 nitrogen and oxygen atoms in total. The van der Waals surface area contributed by atoms with Gasteiger partial charge in [0.2, 0.25) is 5.89 Å². The molecule has 5 rings (SSSR count). The molecule has 3 N–H and O–H groups in total. The first kappa shape index (κ1) is 27.6. The Morgan fingerprint density at radius 1 is 1.00 bits per heavy atom. The Balaban J connectivity index is 1.56. The van der Waals surface area contributed by atoms with Gasteiger partial charge >= 0.3 is 0 Å². The van der Waals surface area contributed by atoms with Gasteiger partial charge in [0.05, 0.1) is 18.4 Å². The van der Waals surface area contributed by atoms with Gasteiger partial charge in [-0.25, -0.2) is 19.9 Å². The van der Waals surface area contributed by atoms with Gasteiger partial charge in [-0.2, -0.15) is 0 Å². The van der Waals surface area contributed by atoms with Crippen molar-refractivity contribution in [2.24, 2.45) is 13.0 Å². The zero-order chi connectivity index (χ0) is 28.6. The molecule has 1 aliphatic rings. The van der Waals surface area contributed by atoms with Crippen LogP contribution in [0.1, 0.15) is 104 Å². The zero-order valence-corrected chi connectivity index (χ0v) is 24.4. The summed E-state index contributed by atoms with van der Waals surface area (Å²) >= 11 is 2.59. The molecule has 14 heteroatoms. The summed E-state index contributed by atoms with van der Waals surface area (Å²) < 4.78 is 7.64. The molecule has 6 bridgehead atoms. The number of fused-ring (bicyclic) bond motifs is 6. The van der Waals surface area contributed by atoms with Crippen molar-refractivity contribution in [1.82, 2.24) is 40.5 Å². The molecule has 0 spiro atoms. The lowest BCUT2D eigenvalue weighted by atomic mass is 9.99. The lowest BCUT2D eigenvalue weighted by molar-refractivity contribution is 0.0914. The Hall–Kier alpha value is -3.91. The number of nitrogens with one attached hydrogen (secondary N) is 3. The Morgan fingerprint density at radius 3 is 2.35 bits per heavy atom. The van der Waals surface area contributed by atoms with Gasteiger partial charge in [-0.05, 0) is 19.8 Å². The van der Waals surface area contributed by atoms with Crippen molar-refractivity contribution < 1.29 is 18.8 Å². The Morgan fingerprint density at radius 2 is 1.68 bits per heavy atom. The summed E-state index contributed by atoms with van der Waals surface area (Å²) in [5.74, 6) is -0.638. The SMILES string of the molecule is CC[C@H](C)[C@@H]1NC(=O)c2nc(oc2C)[C@@H](C)NC(=O)c2csc(n2)[C@H](Cc2cncn2C)NC(=O)c2csc1n2. The van der Waals surface area contributed by atoms with Gasteiger partial charge in [0, 0.05) is 36.1 Å². The molecule has 0 unspecified atom stereocenters. The average Bonchev–Trinajstić information content (AvgIpc) is 3.73. The maximum absolute atomic E-state index is 13.4. The van der Waals surface area contributed by atoms with E-state index in [0.29, 0.717) is 22.2 Å². The Labute approximate surface area is 238 Å². The highest BCUT2D eigenvalue weighted by Crippen LogP contribution is 2.29. The van der Waals surface area contributed by atoms with Crippen molar-refractivity contribution >= 4 is 40.4 Å². The van der Waals surface area contributed by atoms with Gasteiger partial charge < -0.3 is 24.9 Å². The minimum absolute atomic E-state index is 0.0350. The molecule has 0 fully saturated rings. The fraction of sp³-hybridized carbons (Fsp3) is 0.423. The van der Waals surface area contributed by atoms with Crippen LogP contribution < -0.4 is 16.0 Å². The molecule has 40 heavy (non-hydrogen) atoms. The van der Waals surface area contributed by atoms with Crippen molar-refractivity contribution in [3.8, 4) is 0 Å². The highest BCUT2D eigenvalue weighted by Gasteiger charge is 2.30. The second-order valence-electron chi connectivity index (χ2n) is 9.86. The van der Waals surface area contributed by atoms with E-state index in [4.69, 9.17) is 4.42 Å². The van der Waals surface area contributed by atoms with Crippen molar-refractivity contribution in [3.63, 3.8) is 0 Å². The monoisotopic (exact) mass is 582 g/mol. The minimum atomic E-state index is -0.617. The van der Waals surface area contributed by atoms with E-state index in [1.807, 2.05) is 25.5 Å². The highest BCUT2D eigenvalue weighted by atomic mass is 32.1. The van der Waals surface area contributed by atoms with E-state index in [9.17, 15) is 14.4 Å². The second kappa shape index (κ2) is 11.3. The maximum Gasteiger partial charge on any atom is 0.274 e. The van der Waals surface area contributed by atoms with Gasteiger partial charge in [-0.3, -0.25) is 14.4 Å². The van der Waals surface area contributed by atoms with E-state index in [2.05, 4.69) is 35.9 Å². The van der Waals surface area contributed by atoms with Crippen LogP contribution in [0.5, 0.6) is 0 Å². The van der Waals surface area contributed by atoms with Crippen LogP contribution in [0.25, 0.3) is 0 Å². The van der Waals surface area contributed by atoms with Crippen molar-refractivity contribution in [2.75, 3.05) is 0 Å². The molecule has 0 aromatic carbocycles. The van der Waals surface area contributed by atoms with Crippen LogP contribution in [-0.2, 0) is 13.5 Å². The number of carbonyl (C=O) groups excluding carboxylic acids is 3. The van der Waals surface area contributed by atoms with Crippen LogP contribution in [0.15, 0.2) is 27.7 Å². The topological polar surface area (TPSA) is 157 Å². The second-order valence-corrected chi connectivity index (χ2v) is 11.6. The Kier molecular flexibility index (Phi) is 7.81. The summed E-state index contributed by atoms with van der Waals surface area (Å²) in [6.45, 7) is 7.42. The maximum atomic E-state index is 13.4. The molecular weight excluding hydrogens is 552 g/mol. The molecular formula is C26H30N8O4S2. The van der Waals surface area contributed by atoms with Gasteiger partial charge in [0.1, 0.15) is 33.2 Å². The number of aromatic nitrogens is 5. The van der Waals surface area contributed by atoms with Gasteiger partial charge in [0.25, 0.3) is 17.7 Å². The lowest BCUT2D eigenvalue weighted by Crippen LogP contribution is -2.34. The number of oxazole rings is 1. The predicted octanol–water partition coefficient (Wildman–Crippen LogP) is 3.66. The fourth-order valence-electron chi connectivity index (χ4n) is 4.35. The number of aryl methyl sites for hydroxylation is 2. The molecule has 0 saturated carbocycles. The summed E-state index contributed by atoms with van der Waals surface area (Å²) in [4.78, 5) is 57.5. The molecule has 4 atom stereocenters. The summed E-state index contributed by atoms with van der Waals surface area (Å²) in [7, 11) is 1.87.